The number of carboxylic acids is 3. The third-order valence-corrected chi connectivity index (χ3v) is 18.3. The van der Waals surface area contributed by atoms with Crippen LogP contribution in [0.15, 0.2) is 9.98 Å². The SMILES string of the molecule is CCCC[C@H](NC(=O)[C@H](CC(=O)O)NC(=O)[C@H](CC(=O)O)NC(=O)CNC(=O)[C@@H](NC(=O)[C@@H](NC(=O)[C@H](C)NC(=O)[C@H](CC(C)C)NC(=O)[C@H](CCC(N)=O)NC(=O)[C@H](CCCN=C(N)N)NC(=O)CNC(=O)[C@@H](NC(=O)[C@H](CCC(N)=O)NC(=O)CN)C(C)C)[C@@H](C)CC)[C@@H](C)CC)C(=O)N[C@@H](CC(N)=O)C(=O)N[C@@H](CCCN=C(N)N)C(=O)O. The molecule has 0 heterocycles. The first-order valence-corrected chi connectivity index (χ1v) is 39.3. The number of guanidine groups is 2. The molecule has 682 valence electrons. The summed E-state index contributed by atoms with van der Waals surface area (Å²) in [7, 11) is 0. The maximum atomic E-state index is 14.3. The summed E-state index contributed by atoms with van der Waals surface area (Å²) >= 11 is 0. The van der Waals surface area contributed by atoms with E-state index >= 15 is 0 Å². The van der Waals surface area contributed by atoms with Gasteiger partial charge in [-0.05, 0) is 82.0 Å². The monoisotopic (exact) mass is 1720 g/mol. The number of rotatable bonds is 61. The van der Waals surface area contributed by atoms with E-state index in [0.29, 0.717) is 6.42 Å². The molecule has 121 heavy (non-hydrogen) atoms. The number of nitrogens with zero attached hydrogens (tertiary/aromatic N) is 2. The fraction of sp³-hybridized carbons (Fsp3) is 0.681. The van der Waals surface area contributed by atoms with Crippen LogP contribution in [0.5, 0.6) is 0 Å². The summed E-state index contributed by atoms with van der Waals surface area (Å²) in [6.45, 7) is 13.4. The molecular weight excluding hydrogens is 1600 g/mol. The highest BCUT2D eigenvalue weighted by Crippen LogP contribution is 2.16. The minimum atomic E-state index is -2.12. The summed E-state index contributed by atoms with van der Waals surface area (Å²) in [5.41, 5.74) is 43.0. The van der Waals surface area contributed by atoms with E-state index in [9.17, 15) is 116 Å². The highest BCUT2D eigenvalue weighted by Gasteiger charge is 2.39. The van der Waals surface area contributed by atoms with Gasteiger partial charge in [-0.3, -0.25) is 106 Å². The normalized spacial score (nSPS) is 14.7. The number of carboxylic acid groups (broad SMARTS) is 3. The summed E-state index contributed by atoms with van der Waals surface area (Å²) in [5.74, 6) is -26.6. The number of unbranched alkanes of at least 4 members (excludes halogenated alkanes) is 1. The van der Waals surface area contributed by atoms with Gasteiger partial charge < -0.3 is 141 Å². The molecule has 0 spiro atoms. The highest BCUT2D eigenvalue weighted by atomic mass is 16.4. The van der Waals surface area contributed by atoms with E-state index in [4.69, 9.17) is 45.9 Å². The standard InChI is InChI=1S/C72H125N25O24/c1-11-14-17-39(60(110)93-44(27-49(76)100)64(114)91-42(70(120)121)19-16-25-82-72(79)80)89-66(116)46(29-54(106)107)94-65(115)45(28-53(104)105)88-52(103)32-84-68(118)56(35(8)12-2)97-69(119)57(36(9)13-3)96-58(108)37(10)85-63(113)43(26-33(4)5)92-61(111)41(21-23-48(75)99)90-59(109)38(18-15-24-81-71(77)78)87-51(102)31-83-67(117)55(34(6)7)95-62(112)40(20-22-47(74)98)86-50(101)30-73/h33-46,55-57H,11-32,73H2,1-10H3,(H2,74,98)(H2,75,99)(H2,76,100)(H,83,117)(H,84,118)(H,85,113)(H,86,101)(H,87,102)(H,88,103)(H,89,116)(H,90,109)(H,91,114)(H,92,111)(H,93,110)(H,94,115)(H,95,112)(H,96,108)(H,97,119)(H,104,105)(H,106,107)(H,120,121)(H4,77,78,81)(H4,79,80,82)/t35-,36-,37-,38-,39-,40-,41-,42-,43-,44-,45-,46-,55-,56-,57-/m0/s1. The van der Waals surface area contributed by atoms with E-state index in [0.717, 1.165) is 0 Å². The first kappa shape index (κ1) is 108. The fourth-order valence-corrected chi connectivity index (χ4v) is 11.2. The molecule has 49 heteroatoms. The second kappa shape index (κ2) is 56.7. The number of amides is 18. The molecule has 0 aliphatic carbocycles. The molecule has 18 amide bonds. The first-order chi connectivity index (χ1) is 56.5. The van der Waals surface area contributed by atoms with E-state index in [1.54, 1.807) is 62.3 Å². The molecule has 0 aliphatic heterocycles. The zero-order valence-electron chi connectivity index (χ0n) is 69.8. The average Bonchev–Trinajstić information content (AvgIpc) is 0.861. The van der Waals surface area contributed by atoms with Gasteiger partial charge >= 0.3 is 17.9 Å². The van der Waals surface area contributed by atoms with Gasteiger partial charge in [-0.2, -0.15) is 0 Å². The number of aliphatic carboxylic acids is 3. The Morgan fingerprint density at radius 1 is 0.331 bits per heavy atom. The lowest BCUT2D eigenvalue weighted by atomic mass is 9.94. The minimum absolute atomic E-state index is 0.0262. The molecule has 0 aromatic heterocycles. The minimum Gasteiger partial charge on any atom is -0.481 e. The van der Waals surface area contributed by atoms with Crippen molar-refractivity contribution in [1.29, 1.82) is 0 Å². The fourth-order valence-electron chi connectivity index (χ4n) is 11.2. The molecule has 0 radical (unpaired) electrons. The third-order valence-electron chi connectivity index (χ3n) is 18.3. The number of aliphatic imine (C=N–C) groups is 2. The van der Waals surface area contributed by atoms with Crippen molar-refractivity contribution in [1.82, 2.24) is 79.8 Å². The zero-order valence-corrected chi connectivity index (χ0v) is 69.8. The maximum Gasteiger partial charge on any atom is 0.326 e. The molecule has 15 atom stereocenters. The summed E-state index contributed by atoms with van der Waals surface area (Å²) in [6, 6.07) is -21.0. The van der Waals surface area contributed by atoms with Gasteiger partial charge in [0.2, 0.25) is 106 Å². The van der Waals surface area contributed by atoms with Crippen molar-refractivity contribution in [3.8, 4) is 0 Å². The smallest absolute Gasteiger partial charge is 0.326 e. The Morgan fingerprint density at radius 3 is 1.07 bits per heavy atom. The van der Waals surface area contributed by atoms with Gasteiger partial charge in [0.25, 0.3) is 0 Å². The molecular formula is C72H125N25O24. The number of carbonyl (C=O) groups is 21. The van der Waals surface area contributed by atoms with Crippen molar-refractivity contribution in [2.24, 2.45) is 79.5 Å². The van der Waals surface area contributed by atoms with Gasteiger partial charge in [0.15, 0.2) is 11.9 Å². The van der Waals surface area contributed by atoms with E-state index in [2.05, 4.69) is 84.4 Å². The molecule has 49 nitrogen and oxygen atoms in total. The van der Waals surface area contributed by atoms with Crippen LogP contribution in [0, 0.1) is 23.7 Å². The molecule has 0 bridgehead atoms. The van der Waals surface area contributed by atoms with Crippen LogP contribution in [0.1, 0.15) is 178 Å². The number of nitrogens with one attached hydrogen (secondary N) is 15. The van der Waals surface area contributed by atoms with Crippen molar-refractivity contribution in [2.75, 3.05) is 32.7 Å². The van der Waals surface area contributed by atoms with Crippen molar-refractivity contribution < 1.29 is 116 Å². The van der Waals surface area contributed by atoms with Crippen LogP contribution in [0.2, 0.25) is 0 Å². The van der Waals surface area contributed by atoms with Crippen LogP contribution in [0.25, 0.3) is 0 Å². The maximum absolute atomic E-state index is 14.3. The van der Waals surface area contributed by atoms with Crippen molar-refractivity contribution >= 4 is 136 Å². The lowest BCUT2D eigenvalue weighted by molar-refractivity contribution is -0.143. The quantitative estimate of drug-likeness (QED) is 0.0153. The molecule has 0 aliphatic rings. The van der Waals surface area contributed by atoms with Crippen molar-refractivity contribution in [3.05, 3.63) is 0 Å². The first-order valence-electron chi connectivity index (χ1n) is 39.3. The molecule has 0 aromatic rings. The molecule has 0 aromatic carbocycles. The third kappa shape index (κ3) is 44.7. The van der Waals surface area contributed by atoms with Crippen LogP contribution >= 0.6 is 0 Å². The van der Waals surface area contributed by atoms with E-state index in [1.807, 2.05) is 5.32 Å². The van der Waals surface area contributed by atoms with E-state index in [1.165, 1.54) is 6.92 Å². The summed E-state index contributed by atoms with van der Waals surface area (Å²) < 4.78 is 0. The molecule has 0 unspecified atom stereocenters. The molecule has 0 fully saturated rings. The zero-order chi connectivity index (χ0) is 92.7. The lowest BCUT2D eigenvalue weighted by Crippen LogP contribution is -2.61. The predicted molar refractivity (Wildman–Crippen MR) is 431 cm³/mol. The van der Waals surface area contributed by atoms with Crippen molar-refractivity contribution in [2.45, 2.75) is 257 Å². The van der Waals surface area contributed by atoms with Gasteiger partial charge in [-0.25, -0.2) is 4.79 Å². The van der Waals surface area contributed by atoms with Crippen LogP contribution < -0.4 is 126 Å². The Kier molecular flexibility index (Phi) is 50.8. The summed E-state index contributed by atoms with van der Waals surface area (Å²) in [4.78, 5) is 286. The Labute approximate surface area is 698 Å². The summed E-state index contributed by atoms with van der Waals surface area (Å²) in [5, 5.41) is 64.7. The van der Waals surface area contributed by atoms with Gasteiger partial charge in [0.1, 0.15) is 78.5 Å². The van der Waals surface area contributed by atoms with E-state index < -0.39 is 272 Å². The summed E-state index contributed by atoms with van der Waals surface area (Å²) in [6.07, 6.45) is -4.55. The van der Waals surface area contributed by atoms with Crippen LogP contribution in [0.4, 0.5) is 0 Å². The Balaban J connectivity index is 6.75. The molecule has 34 N–H and O–H groups in total. The largest absolute Gasteiger partial charge is 0.481 e. The number of hydrogen-bond acceptors (Lipinski definition) is 24. The van der Waals surface area contributed by atoms with E-state index in [-0.39, 0.29) is 102 Å². The van der Waals surface area contributed by atoms with Gasteiger partial charge in [-0.1, -0.05) is 88.0 Å². The number of nitrogens with two attached hydrogens (primary N) is 8. The Morgan fingerprint density at radius 2 is 0.661 bits per heavy atom. The number of carbonyl (C=O) groups excluding carboxylic acids is 18. The Bertz CT molecular complexity index is 3670. The second-order valence-electron chi connectivity index (χ2n) is 29.5. The number of primary amides is 3. The van der Waals surface area contributed by atoms with Crippen LogP contribution in [-0.4, -0.2) is 263 Å². The lowest BCUT2D eigenvalue weighted by Gasteiger charge is -2.30. The number of hydrogen-bond donors (Lipinski definition) is 26. The highest BCUT2D eigenvalue weighted by molar-refractivity contribution is 6.02. The Hall–Kier alpha value is -12.6. The second-order valence-corrected chi connectivity index (χ2v) is 29.5. The van der Waals surface area contributed by atoms with Gasteiger partial charge in [0.05, 0.1) is 38.9 Å². The van der Waals surface area contributed by atoms with Gasteiger partial charge in [-0.15, -0.1) is 0 Å². The molecule has 0 rings (SSSR count). The van der Waals surface area contributed by atoms with Gasteiger partial charge in [0, 0.05) is 25.9 Å². The average molecular weight is 1720 g/mol. The molecule has 0 saturated carbocycles. The topological polar surface area (TPSA) is 832 Å². The predicted octanol–water partition coefficient (Wildman–Crippen LogP) is -9.97. The van der Waals surface area contributed by atoms with Crippen molar-refractivity contribution in [3.63, 3.8) is 0 Å². The van der Waals surface area contributed by atoms with Crippen LogP contribution in [0.3, 0.4) is 0 Å². The van der Waals surface area contributed by atoms with Crippen LogP contribution in [-0.2, 0) is 101 Å². The molecule has 0 saturated heterocycles.